The van der Waals surface area contributed by atoms with E-state index in [1.807, 2.05) is 4.90 Å². The van der Waals surface area contributed by atoms with Crippen LogP contribution >= 0.6 is 0 Å². The number of amides is 1. The molecule has 0 saturated carbocycles. The number of ether oxygens (including phenoxy) is 1. The van der Waals surface area contributed by atoms with Gasteiger partial charge in [-0.3, -0.25) is 4.79 Å². The van der Waals surface area contributed by atoms with Crippen LogP contribution in [0.4, 0.5) is 5.95 Å². The van der Waals surface area contributed by atoms with Gasteiger partial charge in [0.2, 0.25) is 5.95 Å². The quantitative estimate of drug-likeness (QED) is 0.867. The third kappa shape index (κ3) is 4.17. The molecule has 23 heavy (non-hydrogen) atoms. The molecule has 2 aliphatic heterocycles. The molecule has 126 valence electrons. The van der Waals surface area contributed by atoms with Crippen molar-refractivity contribution < 1.29 is 9.53 Å². The van der Waals surface area contributed by atoms with E-state index in [4.69, 9.17) is 4.74 Å². The topological polar surface area (TPSA) is 70.6 Å². The summed E-state index contributed by atoms with van der Waals surface area (Å²) in [5.41, 5.74) is 0.553. The van der Waals surface area contributed by atoms with Crippen molar-refractivity contribution in [3.63, 3.8) is 0 Å². The maximum absolute atomic E-state index is 12.5. The van der Waals surface area contributed by atoms with Gasteiger partial charge in [0.1, 0.15) is 0 Å². The van der Waals surface area contributed by atoms with E-state index in [0.29, 0.717) is 18.1 Å². The second-order valence-electron chi connectivity index (χ2n) is 6.04. The van der Waals surface area contributed by atoms with Crippen LogP contribution in [-0.4, -0.2) is 77.7 Å². The molecule has 0 bridgehead atoms. The zero-order chi connectivity index (χ0) is 16.1. The fourth-order valence-electron chi connectivity index (χ4n) is 2.99. The van der Waals surface area contributed by atoms with Crippen LogP contribution in [0.5, 0.6) is 0 Å². The Hall–Kier alpha value is -1.73. The normalized spacial score (nSPS) is 22.3. The number of nitrogens with zero attached hydrogens (tertiary/aromatic N) is 4. The lowest BCUT2D eigenvalue weighted by Gasteiger charge is -2.33. The van der Waals surface area contributed by atoms with Gasteiger partial charge < -0.3 is 19.9 Å². The minimum atomic E-state index is 0.0198. The maximum Gasteiger partial charge on any atom is 0.257 e. The van der Waals surface area contributed by atoms with E-state index in [1.54, 1.807) is 12.4 Å². The van der Waals surface area contributed by atoms with E-state index in [-0.39, 0.29) is 12.0 Å². The number of carbonyl (C=O) groups excluding carboxylic acids is 1. The number of nitrogens with one attached hydrogen (secondary N) is 1. The number of hydrogen-bond acceptors (Lipinski definition) is 6. The third-order valence-corrected chi connectivity index (χ3v) is 4.52. The van der Waals surface area contributed by atoms with Crippen molar-refractivity contribution in [1.29, 1.82) is 0 Å². The van der Waals surface area contributed by atoms with Crippen LogP contribution in [0.2, 0.25) is 0 Å². The monoisotopic (exact) mass is 319 g/mol. The van der Waals surface area contributed by atoms with Crippen molar-refractivity contribution in [3.8, 4) is 0 Å². The molecule has 1 unspecified atom stereocenters. The summed E-state index contributed by atoms with van der Waals surface area (Å²) in [5, 5.41) is 3.17. The van der Waals surface area contributed by atoms with Gasteiger partial charge >= 0.3 is 0 Å². The van der Waals surface area contributed by atoms with Crippen LogP contribution in [0.1, 0.15) is 30.1 Å². The predicted molar refractivity (Wildman–Crippen MR) is 87.5 cm³/mol. The van der Waals surface area contributed by atoms with E-state index in [2.05, 4.69) is 27.1 Å². The highest BCUT2D eigenvalue weighted by molar-refractivity contribution is 5.93. The third-order valence-electron chi connectivity index (χ3n) is 4.52. The molecule has 1 aromatic heterocycles. The van der Waals surface area contributed by atoms with E-state index >= 15 is 0 Å². The van der Waals surface area contributed by atoms with Gasteiger partial charge in [-0.2, -0.15) is 0 Å². The Balaban J connectivity index is 1.51. The summed E-state index contributed by atoms with van der Waals surface area (Å²) in [6, 6.07) is 0. The highest BCUT2D eigenvalue weighted by atomic mass is 16.5. The molecule has 0 spiro atoms. The summed E-state index contributed by atoms with van der Waals surface area (Å²) in [6.45, 7) is 8.15. The molecule has 2 fully saturated rings. The number of rotatable bonds is 5. The van der Waals surface area contributed by atoms with Gasteiger partial charge in [0, 0.05) is 51.7 Å². The van der Waals surface area contributed by atoms with Crippen molar-refractivity contribution in [1.82, 2.24) is 19.8 Å². The highest BCUT2D eigenvalue weighted by Crippen LogP contribution is 2.13. The molecule has 1 atom stereocenters. The molecule has 0 aromatic carbocycles. The Bertz CT molecular complexity index is 508. The summed E-state index contributed by atoms with van der Waals surface area (Å²) in [5.74, 6) is 0.569. The molecule has 7 nitrogen and oxygen atoms in total. The Morgan fingerprint density at radius 2 is 2.04 bits per heavy atom. The fraction of sp³-hybridized carbons (Fsp3) is 0.688. The second kappa shape index (κ2) is 7.70. The van der Waals surface area contributed by atoms with Gasteiger partial charge in [0.15, 0.2) is 0 Å². The summed E-state index contributed by atoms with van der Waals surface area (Å²) in [7, 11) is 0. The number of hydrogen-bond donors (Lipinski definition) is 1. The van der Waals surface area contributed by atoms with Crippen LogP contribution in [0.3, 0.4) is 0 Å². The maximum atomic E-state index is 12.5. The summed E-state index contributed by atoms with van der Waals surface area (Å²) in [6.07, 6.45) is 5.66. The standard InChI is InChI=1S/C16H25N5O2/c1-2-20-5-7-21(8-6-20)15(22)13-10-17-16(18-11-13)19-12-14-4-3-9-23-14/h10-11,14H,2-9,12H2,1H3,(H,17,18,19). The zero-order valence-electron chi connectivity index (χ0n) is 13.7. The molecule has 1 aromatic rings. The van der Waals surface area contributed by atoms with Crippen molar-refractivity contribution in [2.24, 2.45) is 0 Å². The smallest absolute Gasteiger partial charge is 0.257 e. The molecule has 2 saturated heterocycles. The Morgan fingerprint density at radius 1 is 1.30 bits per heavy atom. The van der Waals surface area contributed by atoms with E-state index in [1.165, 1.54) is 0 Å². The lowest BCUT2D eigenvalue weighted by atomic mass is 10.2. The molecular weight excluding hydrogens is 294 g/mol. The first kappa shape index (κ1) is 16.1. The Kier molecular flexibility index (Phi) is 5.40. The molecular formula is C16H25N5O2. The van der Waals surface area contributed by atoms with Gasteiger partial charge in [-0.25, -0.2) is 9.97 Å². The van der Waals surface area contributed by atoms with E-state index in [0.717, 1.165) is 52.2 Å². The molecule has 7 heteroatoms. The Morgan fingerprint density at radius 3 is 2.65 bits per heavy atom. The number of anilines is 1. The van der Waals surface area contributed by atoms with E-state index in [9.17, 15) is 4.79 Å². The summed E-state index contributed by atoms with van der Waals surface area (Å²) >= 11 is 0. The molecule has 3 rings (SSSR count). The minimum Gasteiger partial charge on any atom is -0.376 e. The minimum absolute atomic E-state index is 0.0198. The molecule has 2 aliphatic rings. The van der Waals surface area contributed by atoms with Gasteiger partial charge in [0.25, 0.3) is 5.91 Å². The number of likely N-dealkylation sites (N-methyl/N-ethyl adjacent to an activating group) is 1. The first-order valence-corrected chi connectivity index (χ1v) is 8.45. The van der Waals surface area contributed by atoms with Gasteiger partial charge in [-0.15, -0.1) is 0 Å². The van der Waals surface area contributed by atoms with E-state index < -0.39 is 0 Å². The van der Waals surface area contributed by atoms with Crippen molar-refractivity contribution in [2.45, 2.75) is 25.9 Å². The van der Waals surface area contributed by atoms with Crippen LogP contribution < -0.4 is 5.32 Å². The second-order valence-corrected chi connectivity index (χ2v) is 6.04. The van der Waals surface area contributed by atoms with Crippen molar-refractivity contribution in [3.05, 3.63) is 18.0 Å². The van der Waals surface area contributed by atoms with Crippen LogP contribution in [-0.2, 0) is 4.74 Å². The van der Waals surface area contributed by atoms with Crippen LogP contribution in [0.25, 0.3) is 0 Å². The average Bonchev–Trinajstić information content (AvgIpc) is 3.13. The number of piperazine rings is 1. The molecule has 0 radical (unpaired) electrons. The Labute approximate surface area is 137 Å². The number of aromatic nitrogens is 2. The molecule has 0 aliphatic carbocycles. The zero-order valence-corrected chi connectivity index (χ0v) is 13.7. The summed E-state index contributed by atoms with van der Waals surface area (Å²) < 4.78 is 5.55. The summed E-state index contributed by atoms with van der Waals surface area (Å²) in [4.78, 5) is 25.2. The van der Waals surface area contributed by atoms with Crippen LogP contribution in [0, 0.1) is 0 Å². The van der Waals surface area contributed by atoms with Gasteiger partial charge in [-0.05, 0) is 19.4 Å². The van der Waals surface area contributed by atoms with Crippen molar-refractivity contribution >= 4 is 11.9 Å². The highest BCUT2D eigenvalue weighted by Gasteiger charge is 2.22. The molecule has 1 N–H and O–H groups in total. The molecule has 3 heterocycles. The molecule has 1 amide bonds. The van der Waals surface area contributed by atoms with Crippen molar-refractivity contribution in [2.75, 3.05) is 51.2 Å². The first-order valence-electron chi connectivity index (χ1n) is 8.45. The lowest BCUT2D eigenvalue weighted by molar-refractivity contribution is 0.0642. The fourth-order valence-corrected chi connectivity index (χ4v) is 2.99. The van der Waals surface area contributed by atoms with Gasteiger partial charge in [-0.1, -0.05) is 6.92 Å². The average molecular weight is 319 g/mol. The van der Waals surface area contributed by atoms with Gasteiger partial charge in [0.05, 0.1) is 11.7 Å². The largest absolute Gasteiger partial charge is 0.376 e. The number of carbonyl (C=O) groups is 1. The SMILES string of the molecule is CCN1CCN(C(=O)c2cnc(NCC3CCCO3)nc2)CC1. The first-order chi connectivity index (χ1) is 11.3. The predicted octanol–water partition coefficient (Wildman–Crippen LogP) is 0.845. The lowest BCUT2D eigenvalue weighted by Crippen LogP contribution is -2.48. The van der Waals surface area contributed by atoms with Crippen LogP contribution in [0.15, 0.2) is 12.4 Å².